The summed E-state index contributed by atoms with van der Waals surface area (Å²) in [7, 11) is 0. The van der Waals surface area contributed by atoms with Gasteiger partial charge in [-0.25, -0.2) is 0 Å². The summed E-state index contributed by atoms with van der Waals surface area (Å²) in [5.41, 5.74) is 1.08. The summed E-state index contributed by atoms with van der Waals surface area (Å²) in [6.07, 6.45) is 5.40. The first-order valence-corrected chi connectivity index (χ1v) is 5.35. The number of benzene rings is 1. The highest BCUT2D eigenvalue weighted by Crippen LogP contribution is 2.19. The van der Waals surface area contributed by atoms with Crippen molar-refractivity contribution in [2.75, 3.05) is 5.32 Å². The average Bonchev–Trinajstić information content (AvgIpc) is 2.89. The Morgan fingerprint density at radius 3 is 3.00 bits per heavy atom. The minimum absolute atomic E-state index is 0.680. The van der Waals surface area contributed by atoms with Crippen LogP contribution in [0.25, 0.3) is 10.8 Å². The zero-order valence-corrected chi connectivity index (χ0v) is 9.09. The summed E-state index contributed by atoms with van der Waals surface area (Å²) in [6.45, 7) is 0.680. The van der Waals surface area contributed by atoms with Gasteiger partial charge in [0.1, 0.15) is 0 Å². The van der Waals surface area contributed by atoms with E-state index in [0.717, 1.165) is 22.2 Å². The van der Waals surface area contributed by atoms with Crippen LogP contribution in [0, 0.1) is 0 Å². The van der Waals surface area contributed by atoms with Gasteiger partial charge in [0, 0.05) is 29.1 Å². The lowest BCUT2D eigenvalue weighted by Crippen LogP contribution is -2.02. The van der Waals surface area contributed by atoms with E-state index < -0.39 is 0 Å². The van der Waals surface area contributed by atoms with Crippen LogP contribution in [-0.2, 0) is 6.54 Å². The zero-order valence-electron chi connectivity index (χ0n) is 9.09. The van der Waals surface area contributed by atoms with Crippen molar-refractivity contribution < 1.29 is 0 Å². The molecule has 0 saturated carbocycles. The van der Waals surface area contributed by atoms with Crippen molar-refractivity contribution in [3.05, 3.63) is 48.4 Å². The number of aromatic amines is 1. The molecule has 2 N–H and O–H groups in total. The summed E-state index contributed by atoms with van der Waals surface area (Å²) in [5, 5.41) is 20.2. The first kappa shape index (κ1) is 9.77. The SMILES string of the molecule is c1ccc2c(NCc3cn[nH]c3)nncc2c1. The molecular formula is C12H11N5. The van der Waals surface area contributed by atoms with E-state index >= 15 is 0 Å². The van der Waals surface area contributed by atoms with Gasteiger partial charge in [0.25, 0.3) is 0 Å². The third-order valence-electron chi connectivity index (χ3n) is 2.59. The molecule has 84 valence electrons. The predicted molar refractivity (Wildman–Crippen MR) is 65.5 cm³/mol. The van der Waals surface area contributed by atoms with Gasteiger partial charge in [0.2, 0.25) is 0 Å². The van der Waals surface area contributed by atoms with Gasteiger partial charge in [-0.2, -0.15) is 10.2 Å². The number of anilines is 1. The Balaban J connectivity index is 1.90. The molecule has 2 aromatic heterocycles. The Kier molecular flexibility index (Phi) is 2.42. The Labute approximate surface area is 97.9 Å². The molecule has 0 aliphatic carbocycles. The topological polar surface area (TPSA) is 66.5 Å². The number of aromatic nitrogens is 4. The number of H-pyrrole nitrogens is 1. The molecule has 5 nitrogen and oxygen atoms in total. The number of hydrogen-bond acceptors (Lipinski definition) is 4. The number of fused-ring (bicyclic) bond motifs is 1. The van der Waals surface area contributed by atoms with Crippen molar-refractivity contribution in [3.8, 4) is 0 Å². The highest BCUT2D eigenvalue weighted by molar-refractivity contribution is 5.90. The molecule has 3 rings (SSSR count). The van der Waals surface area contributed by atoms with Gasteiger partial charge in [-0.15, -0.1) is 5.10 Å². The van der Waals surface area contributed by atoms with Crippen molar-refractivity contribution >= 4 is 16.6 Å². The van der Waals surface area contributed by atoms with Crippen LogP contribution in [-0.4, -0.2) is 20.4 Å². The van der Waals surface area contributed by atoms with E-state index in [0.29, 0.717) is 6.54 Å². The monoisotopic (exact) mass is 225 g/mol. The number of nitrogens with zero attached hydrogens (tertiary/aromatic N) is 3. The van der Waals surface area contributed by atoms with Crippen LogP contribution in [0.5, 0.6) is 0 Å². The molecule has 0 amide bonds. The Morgan fingerprint density at radius 1 is 1.18 bits per heavy atom. The summed E-state index contributed by atoms with van der Waals surface area (Å²) >= 11 is 0. The van der Waals surface area contributed by atoms with Crippen LogP contribution in [0.2, 0.25) is 0 Å². The van der Waals surface area contributed by atoms with Crippen LogP contribution in [0.1, 0.15) is 5.56 Å². The largest absolute Gasteiger partial charge is 0.364 e. The van der Waals surface area contributed by atoms with Crippen LogP contribution in [0.4, 0.5) is 5.82 Å². The van der Waals surface area contributed by atoms with E-state index in [9.17, 15) is 0 Å². The van der Waals surface area contributed by atoms with Crippen LogP contribution in [0.15, 0.2) is 42.9 Å². The highest BCUT2D eigenvalue weighted by atomic mass is 15.2. The fourth-order valence-corrected chi connectivity index (χ4v) is 1.72. The number of hydrogen-bond donors (Lipinski definition) is 2. The molecule has 0 aliphatic rings. The molecule has 0 bridgehead atoms. The van der Waals surface area contributed by atoms with E-state index in [-0.39, 0.29) is 0 Å². The fourth-order valence-electron chi connectivity index (χ4n) is 1.72. The summed E-state index contributed by atoms with van der Waals surface area (Å²) < 4.78 is 0. The first-order valence-electron chi connectivity index (χ1n) is 5.35. The van der Waals surface area contributed by atoms with Gasteiger partial charge < -0.3 is 5.32 Å². The van der Waals surface area contributed by atoms with E-state index in [2.05, 4.69) is 25.7 Å². The van der Waals surface area contributed by atoms with Crippen molar-refractivity contribution in [3.63, 3.8) is 0 Å². The van der Waals surface area contributed by atoms with Gasteiger partial charge >= 0.3 is 0 Å². The maximum absolute atomic E-state index is 4.11. The zero-order chi connectivity index (χ0) is 11.5. The van der Waals surface area contributed by atoms with Gasteiger partial charge in [0.05, 0.1) is 12.4 Å². The lowest BCUT2D eigenvalue weighted by Gasteiger charge is -2.06. The molecule has 3 aromatic rings. The second-order valence-electron chi connectivity index (χ2n) is 3.74. The lowest BCUT2D eigenvalue weighted by molar-refractivity contribution is 1.02. The minimum atomic E-state index is 0.680. The van der Waals surface area contributed by atoms with Crippen molar-refractivity contribution in [2.24, 2.45) is 0 Å². The van der Waals surface area contributed by atoms with Gasteiger partial charge in [-0.3, -0.25) is 5.10 Å². The third kappa shape index (κ3) is 1.94. The lowest BCUT2D eigenvalue weighted by atomic mass is 10.2. The molecule has 0 saturated heterocycles. The second kappa shape index (κ2) is 4.21. The predicted octanol–water partition coefficient (Wildman–Crippen LogP) is 1.96. The van der Waals surface area contributed by atoms with Crippen LogP contribution in [0.3, 0.4) is 0 Å². The summed E-state index contributed by atoms with van der Waals surface area (Å²) in [6, 6.07) is 8.03. The van der Waals surface area contributed by atoms with Gasteiger partial charge in [-0.05, 0) is 0 Å². The summed E-state index contributed by atoms with van der Waals surface area (Å²) in [5.74, 6) is 0.796. The third-order valence-corrected chi connectivity index (χ3v) is 2.59. The molecule has 0 radical (unpaired) electrons. The van der Waals surface area contributed by atoms with E-state index in [1.807, 2.05) is 30.5 Å². The first-order chi connectivity index (χ1) is 8.43. The molecule has 5 heteroatoms. The van der Waals surface area contributed by atoms with Gasteiger partial charge in [0.15, 0.2) is 5.82 Å². The Bertz CT molecular complexity index is 612. The van der Waals surface area contributed by atoms with E-state index in [1.54, 1.807) is 12.4 Å². The second-order valence-corrected chi connectivity index (χ2v) is 3.74. The maximum atomic E-state index is 4.11. The number of nitrogens with one attached hydrogen (secondary N) is 2. The Hall–Kier alpha value is -2.43. The normalized spacial score (nSPS) is 10.6. The Morgan fingerprint density at radius 2 is 2.12 bits per heavy atom. The fraction of sp³-hybridized carbons (Fsp3) is 0.0833. The van der Waals surface area contributed by atoms with Crippen molar-refractivity contribution in [1.29, 1.82) is 0 Å². The van der Waals surface area contributed by atoms with E-state index in [4.69, 9.17) is 0 Å². The molecule has 0 unspecified atom stereocenters. The molecule has 0 fully saturated rings. The van der Waals surface area contributed by atoms with Gasteiger partial charge in [-0.1, -0.05) is 24.3 Å². The molecule has 2 heterocycles. The smallest absolute Gasteiger partial charge is 0.156 e. The maximum Gasteiger partial charge on any atom is 0.156 e. The molecule has 17 heavy (non-hydrogen) atoms. The summed E-state index contributed by atoms with van der Waals surface area (Å²) in [4.78, 5) is 0. The molecule has 0 spiro atoms. The number of rotatable bonds is 3. The molecule has 1 aromatic carbocycles. The van der Waals surface area contributed by atoms with Crippen LogP contribution >= 0.6 is 0 Å². The molecule has 0 aliphatic heterocycles. The minimum Gasteiger partial charge on any atom is -0.364 e. The quantitative estimate of drug-likeness (QED) is 0.715. The molecule has 0 atom stereocenters. The average molecular weight is 225 g/mol. The van der Waals surface area contributed by atoms with E-state index in [1.165, 1.54) is 0 Å². The van der Waals surface area contributed by atoms with Crippen LogP contribution < -0.4 is 5.32 Å². The van der Waals surface area contributed by atoms with Crippen molar-refractivity contribution in [2.45, 2.75) is 6.54 Å². The highest BCUT2D eigenvalue weighted by Gasteiger charge is 2.02. The molecular weight excluding hydrogens is 214 g/mol. The van der Waals surface area contributed by atoms with Crippen molar-refractivity contribution in [1.82, 2.24) is 20.4 Å². The standard InChI is InChI=1S/C12H11N5/c1-2-4-11-10(3-1)8-16-17-12(11)13-5-9-6-14-15-7-9/h1-4,6-8H,5H2,(H,13,17)(H,14,15).